The van der Waals surface area contributed by atoms with Gasteiger partial charge in [-0.2, -0.15) is 5.10 Å². The molecule has 0 radical (unpaired) electrons. The van der Waals surface area contributed by atoms with E-state index >= 15 is 0 Å². The van der Waals surface area contributed by atoms with Crippen LogP contribution in [0.2, 0.25) is 5.02 Å². The first-order valence-electron chi connectivity index (χ1n) is 4.73. The highest BCUT2D eigenvalue weighted by atomic mass is 35.5. The van der Waals surface area contributed by atoms with Crippen LogP contribution in [-0.4, -0.2) is 10.2 Å². The molecule has 0 unspecified atom stereocenters. The van der Waals surface area contributed by atoms with Crippen LogP contribution in [0.4, 0.5) is 0 Å². The van der Waals surface area contributed by atoms with Gasteiger partial charge in [-0.05, 0) is 23.8 Å². The summed E-state index contributed by atoms with van der Waals surface area (Å²) in [7, 11) is 0. The van der Waals surface area contributed by atoms with Gasteiger partial charge in [0.2, 0.25) is 5.88 Å². The van der Waals surface area contributed by atoms with E-state index in [4.69, 9.17) is 22.1 Å². The third kappa shape index (κ3) is 2.48. The topological polar surface area (TPSA) is 61.0 Å². The number of ether oxygens (including phenoxy) is 1. The van der Waals surface area contributed by atoms with Crippen molar-refractivity contribution in [2.24, 2.45) is 5.73 Å². The van der Waals surface area contributed by atoms with Crippen molar-refractivity contribution < 1.29 is 4.74 Å². The number of hydrogen-bond donors (Lipinski definition) is 1. The summed E-state index contributed by atoms with van der Waals surface area (Å²) >= 11 is 6.03. The van der Waals surface area contributed by atoms with Gasteiger partial charge >= 0.3 is 0 Å². The lowest BCUT2D eigenvalue weighted by molar-refractivity contribution is 0.455. The van der Waals surface area contributed by atoms with Gasteiger partial charge in [-0.15, -0.1) is 5.10 Å². The number of benzene rings is 1. The Morgan fingerprint density at radius 1 is 1.31 bits per heavy atom. The van der Waals surface area contributed by atoms with E-state index < -0.39 is 0 Å². The largest absolute Gasteiger partial charge is 0.436 e. The molecule has 1 aromatic heterocycles. The molecule has 0 aliphatic rings. The Balaban J connectivity index is 2.22. The van der Waals surface area contributed by atoms with E-state index in [1.165, 1.54) is 0 Å². The van der Waals surface area contributed by atoms with Crippen LogP contribution in [0.15, 0.2) is 36.5 Å². The van der Waals surface area contributed by atoms with E-state index in [2.05, 4.69) is 10.2 Å². The van der Waals surface area contributed by atoms with Crippen molar-refractivity contribution in [1.29, 1.82) is 0 Å². The van der Waals surface area contributed by atoms with Crippen molar-refractivity contribution in [3.63, 3.8) is 0 Å². The van der Waals surface area contributed by atoms with E-state index in [1.807, 2.05) is 6.07 Å². The Morgan fingerprint density at radius 2 is 2.19 bits per heavy atom. The van der Waals surface area contributed by atoms with Crippen LogP contribution in [-0.2, 0) is 6.54 Å². The average Bonchev–Trinajstić information content (AvgIpc) is 2.33. The van der Waals surface area contributed by atoms with Crippen LogP contribution in [0, 0.1) is 0 Å². The summed E-state index contributed by atoms with van der Waals surface area (Å²) in [6.45, 7) is 0.450. The normalized spacial score (nSPS) is 10.1. The molecule has 0 fully saturated rings. The molecule has 1 aromatic carbocycles. The predicted octanol–water partition coefficient (Wildman–Crippen LogP) is 2.38. The Kier molecular flexibility index (Phi) is 3.34. The first-order chi connectivity index (χ1) is 7.79. The summed E-state index contributed by atoms with van der Waals surface area (Å²) in [5, 5.41) is 8.02. The summed E-state index contributed by atoms with van der Waals surface area (Å²) < 4.78 is 5.46. The van der Waals surface area contributed by atoms with Crippen LogP contribution >= 0.6 is 11.6 Å². The lowest BCUT2D eigenvalue weighted by atomic mass is 10.2. The highest BCUT2D eigenvalue weighted by molar-refractivity contribution is 6.32. The number of nitrogens with two attached hydrogens (primary N) is 1. The summed E-state index contributed by atoms with van der Waals surface area (Å²) in [5.41, 5.74) is 6.45. The zero-order chi connectivity index (χ0) is 11.4. The summed E-state index contributed by atoms with van der Waals surface area (Å²) in [6, 6.07) is 8.84. The minimum absolute atomic E-state index is 0.407. The van der Waals surface area contributed by atoms with E-state index in [9.17, 15) is 0 Å². The van der Waals surface area contributed by atoms with Crippen LogP contribution in [0.1, 0.15) is 5.56 Å². The van der Waals surface area contributed by atoms with Crippen molar-refractivity contribution >= 4 is 11.6 Å². The first-order valence-corrected chi connectivity index (χ1v) is 5.11. The fraction of sp³-hybridized carbons (Fsp3) is 0.0909. The Bertz CT molecular complexity index is 476. The molecular formula is C11H10ClN3O. The third-order valence-electron chi connectivity index (χ3n) is 1.99. The maximum absolute atomic E-state index is 6.03. The van der Waals surface area contributed by atoms with Gasteiger partial charge in [-0.3, -0.25) is 0 Å². The van der Waals surface area contributed by atoms with Gasteiger partial charge < -0.3 is 10.5 Å². The predicted molar refractivity (Wildman–Crippen MR) is 61.4 cm³/mol. The zero-order valence-electron chi connectivity index (χ0n) is 8.43. The third-order valence-corrected chi connectivity index (χ3v) is 2.29. The smallest absolute Gasteiger partial charge is 0.238 e. The summed E-state index contributed by atoms with van der Waals surface area (Å²) in [4.78, 5) is 0. The van der Waals surface area contributed by atoms with Gasteiger partial charge in [0.25, 0.3) is 0 Å². The molecule has 0 aliphatic heterocycles. The summed E-state index contributed by atoms with van der Waals surface area (Å²) in [5.74, 6) is 0.948. The average molecular weight is 236 g/mol. The molecule has 0 bridgehead atoms. The van der Waals surface area contributed by atoms with Crippen LogP contribution in [0.3, 0.4) is 0 Å². The molecule has 5 heteroatoms. The number of halogens is 1. The Labute approximate surface area is 98.0 Å². The second-order valence-corrected chi connectivity index (χ2v) is 3.54. The molecule has 2 N–H and O–H groups in total. The van der Waals surface area contributed by atoms with E-state index in [0.717, 1.165) is 5.56 Å². The minimum Gasteiger partial charge on any atom is -0.436 e. The summed E-state index contributed by atoms with van der Waals surface area (Å²) in [6.07, 6.45) is 1.58. The van der Waals surface area contributed by atoms with Gasteiger partial charge in [0.05, 0.1) is 5.02 Å². The Hall–Kier alpha value is -1.65. The van der Waals surface area contributed by atoms with Crippen molar-refractivity contribution in [2.45, 2.75) is 6.54 Å². The fourth-order valence-corrected chi connectivity index (χ4v) is 1.45. The maximum atomic E-state index is 6.03. The first kappa shape index (κ1) is 10.9. The van der Waals surface area contributed by atoms with Crippen LogP contribution in [0.5, 0.6) is 11.6 Å². The SMILES string of the molecule is NCc1ccc(Oc2cccnn2)c(Cl)c1. The molecule has 0 saturated heterocycles. The molecule has 2 aromatic rings. The van der Waals surface area contributed by atoms with Crippen molar-refractivity contribution in [2.75, 3.05) is 0 Å². The Morgan fingerprint density at radius 3 is 2.81 bits per heavy atom. The molecule has 0 aliphatic carbocycles. The molecule has 0 saturated carbocycles. The number of aromatic nitrogens is 2. The molecule has 0 atom stereocenters. The lowest BCUT2D eigenvalue weighted by Gasteiger charge is -2.06. The number of nitrogens with zero attached hydrogens (tertiary/aromatic N) is 2. The van der Waals surface area contributed by atoms with E-state index in [0.29, 0.717) is 23.2 Å². The molecule has 16 heavy (non-hydrogen) atoms. The van der Waals surface area contributed by atoms with Gasteiger partial charge in [-0.1, -0.05) is 17.7 Å². The van der Waals surface area contributed by atoms with E-state index in [1.54, 1.807) is 30.5 Å². The number of hydrogen-bond acceptors (Lipinski definition) is 4. The van der Waals surface area contributed by atoms with Gasteiger partial charge in [0.1, 0.15) is 5.75 Å². The molecule has 0 spiro atoms. The second-order valence-electron chi connectivity index (χ2n) is 3.13. The fourth-order valence-electron chi connectivity index (χ4n) is 1.21. The molecule has 82 valence electrons. The molecular weight excluding hydrogens is 226 g/mol. The molecule has 2 rings (SSSR count). The highest BCUT2D eigenvalue weighted by Gasteiger charge is 2.04. The monoisotopic (exact) mass is 235 g/mol. The molecule has 0 amide bonds. The lowest BCUT2D eigenvalue weighted by Crippen LogP contribution is -1.96. The number of rotatable bonds is 3. The van der Waals surface area contributed by atoms with Crippen LogP contribution < -0.4 is 10.5 Å². The quantitative estimate of drug-likeness (QED) is 0.887. The van der Waals surface area contributed by atoms with Gasteiger partial charge in [-0.25, -0.2) is 0 Å². The maximum Gasteiger partial charge on any atom is 0.238 e. The van der Waals surface area contributed by atoms with Crippen LogP contribution in [0.25, 0.3) is 0 Å². The molecule has 4 nitrogen and oxygen atoms in total. The zero-order valence-corrected chi connectivity index (χ0v) is 9.19. The molecule has 1 heterocycles. The van der Waals surface area contributed by atoms with Gasteiger partial charge in [0, 0.05) is 18.8 Å². The van der Waals surface area contributed by atoms with E-state index in [-0.39, 0.29) is 0 Å². The second kappa shape index (κ2) is 4.92. The minimum atomic E-state index is 0.407. The van der Waals surface area contributed by atoms with Crippen molar-refractivity contribution in [3.8, 4) is 11.6 Å². The highest BCUT2D eigenvalue weighted by Crippen LogP contribution is 2.28. The standard InChI is InChI=1S/C11H10ClN3O/c12-9-6-8(7-13)3-4-10(9)16-11-2-1-5-14-15-11/h1-6H,7,13H2. The van der Waals surface area contributed by atoms with Crippen molar-refractivity contribution in [3.05, 3.63) is 47.1 Å². The van der Waals surface area contributed by atoms with Crippen molar-refractivity contribution in [1.82, 2.24) is 10.2 Å². The van der Waals surface area contributed by atoms with Gasteiger partial charge in [0.15, 0.2) is 0 Å².